The molecule has 1 nitrogen and oxygen atoms in total. The van der Waals surface area contributed by atoms with Crippen molar-refractivity contribution >= 4 is 49.3 Å². The van der Waals surface area contributed by atoms with E-state index in [1.54, 1.807) is 0 Å². The maximum absolute atomic E-state index is 4.68. The molecule has 1 rings (SSSR count). The molecule has 7 heteroatoms. The van der Waals surface area contributed by atoms with Crippen LogP contribution in [-0.4, -0.2) is 49.0 Å². The van der Waals surface area contributed by atoms with Gasteiger partial charge < -0.3 is 24.8 Å². The number of nitrogens with zero attached hydrogens (tertiary/aromatic N) is 1. The van der Waals surface area contributed by atoms with Crippen molar-refractivity contribution in [3.05, 3.63) is 29.2 Å². The Morgan fingerprint density at radius 2 is 1.24 bits per heavy atom. The summed E-state index contributed by atoms with van der Waals surface area (Å²) < 4.78 is 0. The Morgan fingerprint density at radius 3 is 1.52 bits per heavy atom. The molecule has 0 N–H and O–H groups in total. The smallest absolute Gasteiger partial charge is 0.105 e. The van der Waals surface area contributed by atoms with Crippen LogP contribution in [0.2, 0.25) is 52.4 Å². The second kappa shape index (κ2) is 9.35. The van der Waals surface area contributed by atoms with Gasteiger partial charge in [-0.3, -0.25) is 4.98 Å². The van der Waals surface area contributed by atoms with Crippen LogP contribution in [0.4, 0.5) is 0 Å². The van der Waals surface area contributed by atoms with Gasteiger partial charge in [-0.1, -0.05) is 58.4 Å². The third-order valence-corrected chi connectivity index (χ3v) is 22.0. The van der Waals surface area contributed by atoms with E-state index in [-0.39, 0.29) is 44.6 Å². The van der Waals surface area contributed by atoms with Crippen LogP contribution in [0.1, 0.15) is 0 Å². The van der Waals surface area contributed by atoms with Crippen LogP contribution in [0, 0.1) is 4.79 Å². The molecule has 0 aliphatic carbocycles. The molecule has 0 saturated heterocycles. The topological polar surface area (TPSA) is 12.9 Å². The number of pyridine rings is 1. The fraction of sp³-hybridized carbons (Fsp3) is 0.571. The molecule has 0 aliphatic rings. The summed E-state index contributed by atoms with van der Waals surface area (Å²) >= 11 is 0. The van der Waals surface area contributed by atoms with E-state index in [0.717, 1.165) is 0 Å². The fourth-order valence-electron chi connectivity index (χ4n) is 3.86. The van der Waals surface area contributed by atoms with Gasteiger partial charge in [0.2, 0.25) is 0 Å². The number of aromatic nitrogens is 1. The molecular formula is C14H28Cl2GaNSi3-2. The summed E-state index contributed by atoms with van der Waals surface area (Å²) in [5.41, 5.74) is 0. The van der Waals surface area contributed by atoms with E-state index in [9.17, 15) is 0 Å². The number of rotatable bonds is 4. The molecule has 0 spiro atoms. The molecule has 0 bridgehead atoms. The Bertz CT molecular complexity index is 389. The van der Waals surface area contributed by atoms with E-state index >= 15 is 0 Å². The van der Waals surface area contributed by atoms with E-state index in [0.29, 0.717) is 0 Å². The molecule has 21 heavy (non-hydrogen) atoms. The SMILES string of the molecule is C[Si](C)(C)[C]([Si](C)(C)C)[Si](C)(C)c1ccccn1.[Cl-].[Cl-].[Ga]. The first kappa shape index (κ1) is 26.9. The second-order valence-corrected chi connectivity index (χ2v) is 23.5. The summed E-state index contributed by atoms with van der Waals surface area (Å²) in [7, 11) is -4.03. The van der Waals surface area contributed by atoms with Crippen molar-refractivity contribution < 1.29 is 24.8 Å². The third-order valence-electron chi connectivity index (χ3n) is 3.43. The maximum Gasteiger partial charge on any atom is 0.105 e. The average molecular weight is 435 g/mol. The summed E-state index contributed by atoms with van der Waals surface area (Å²) in [6, 6.07) is 6.41. The minimum absolute atomic E-state index is 0. The molecule has 0 saturated carbocycles. The third kappa shape index (κ3) is 6.97. The zero-order valence-electron chi connectivity index (χ0n) is 14.6. The van der Waals surface area contributed by atoms with Crippen molar-refractivity contribution in [2.24, 2.45) is 0 Å². The standard InChI is InChI=1S/C14H28NSi3.2ClH.Ga/c1-16(2,3)14(17(4,5)6)18(7,8)13-11-9-10-12-15-13;;;/h9-12H,1-8H3;2*1H;/p-2. The minimum atomic E-state index is -1.55. The summed E-state index contributed by atoms with van der Waals surface area (Å²) in [6.07, 6.45) is 1.95. The molecule has 1 heterocycles. The van der Waals surface area contributed by atoms with Crippen molar-refractivity contribution in [2.75, 3.05) is 0 Å². The van der Waals surface area contributed by atoms with Crippen LogP contribution in [0.25, 0.3) is 0 Å². The molecule has 0 aliphatic heterocycles. The Labute approximate surface area is 160 Å². The molecule has 0 unspecified atom stereocenters. The fourth-order valence-corrected chi connectivity index (χ4v) is 29.8. The van der Waals surface area contributed by atoms with Crippen LogP contribution < -0.4 is 30.1 Å². The van der Waals surface area contributed by atoms with Crippen molar-refractivity contribution in [3.8, 4) is 0 Å². The molecule has 0 amide bonds. The van der Waals surface area contributed by atoms with E-state index in [4.69, 9.17) is 0 Å². The summed E-state index contributed by atoms with van der Waals surface area (Å²) in [4.78, 5) is 6.64. The first-order chi connectivity index (χ1) is 7.97. The van der Waals surface area contributed by atoms with Gasteiger partial charge in [0.15, 0.2) is 0 Å². The van der Waals surface area contributed by atoms with E-state index in [1.807, 2.05) is 17.1 Å². The monoisotopic (exact) mass is 433 g/mol. The Hall–Kier alpha value is 1.02. The van der Waals surface area contributed by atoms with Crippen molar-refractivity contribution in [2.45, 2.75) is 52.4 Å². The Morgan fingerprint density at radius 1 is 0.810 bits per heavy atom. The van der Waals surface area contributed by atoms with Crippen LogP contribution >= 0.6 is 0 Å². The van der Waals surface area contributed by atoms with Crippen molar-refractivity contribution in [1.29, 1.82) is 0 Å². The van der Waals surface area contributed by atoms with Gasteiger partial charge in [-0.2, -0.15) is 0 Å². The predicted molar refractivity (Wildman–Crippen MR) is 97.0 cm³/mol. The normalized spacial score (nSPS) is 12.0. The largest absolute Gasteiger partial charge is 1.00 e. The van der Waals surface area contributed by atoms with Crippen LogP contribution in [0.5, 0.6) is 0 Å². The van der Waals surface area contributed by atoms with E-state index < -0.39 is 24.2 Å². The molecule has 1 aromatic rings. The first-order valence-corrected chi connectivity index (χ1v) is 16.8. The first-order valence-electron chi connectivity index (χ1n) is 6.77. The van der Waals surface area contributed by atoms with Crippen molar-refractivity contribution in [3.63, 3.8) is 0 Å². The minimum Gasteiger partial charge on any atom is -1.00 e. The zero-order valence-corrected chi connectivity index (χ0v) is 21.5. The van der Waals surface area contributed by atoms with Gasteiger partial charge in [-0.05, 0) is 16.9 Å². The van der Waals surface area contributed by atoms with Crippen LogP contribution in [0.15, 0.2) is 24.4 Å². The molecule has 1 aromatic heterocycles. The van der Waals surface area contributed by atoms with Gasteiger partial charge in [0.25, 0.3) is 0 Å². The summed E-state index contributed by atoms with van der Waals surface area (Å²) in [5.74, 6) is 0. The van der Waals surface area contributed by atoms with E-state index in [2.05, 4.69) is 69.5 Å². The Kier molecular flexibility index (Phi) is 12.0. The summed E-state index contributed by atoms with van der Waals surface area (Å²) in [6.45, 7) is 20.1. The zero-order chi connectivity index (χ0) is 14.2. The average Bonchev–Trinajstić information content (AvgIpc) is 2.13. The number of halogens is 2. The van der Waals surface area contributed by atoms with Gasteiger partial charge in [0.1, 0.15) is 8.07 Å². The van der Waals surface area contributed by atoms with Crippen LogP contribution in [0.3, 0.4) is 0 Å². The van der Waals surface area contributed by atoms with Crippen LogP contribution in [-0.2, 0) is 0 Å². The molecule has 0 fully saturated rings. The van der Waals surface area contributed by atoms with Gasteiger partial charge in [-0.15, -0.1) is 0 Å². The Balaban J connectivity index is -0.00000108. The van der Waals surface area contributed by atoms with Gasteiger partial charge >= 0.3 is 0 Å². The predicted octanol–water partition coefficient (Wildman–Crippen LogP) is -2.51. The van der Waals surface area contributed by atoms with Gasteiger partial charge in [-0.25, -0.2) is 0 Å². The maximum atomic E-state index is 4.68. The molecule has 0 atom stereocenters. The van der Waals surface area contributed by atoms with Gasteiger partial charge in [0.05, 0.1) is 0 Å². The second-order valence-electron chi connectivity index (χ2n) is 7.71. The number of hydrogen-bond donors (Lipinski definition) is 0. The molecule has 4 radical (unpaired) electrons. The molecule has 0 aromatic carbocycles. The summed E-state index contributed by atoms with van der Waals surface area (Å²) in [5, 5.41) is 1.37. The van der Waals surface area contributed by atoms with Crippen molar-refractivity contribution in [1.82, 2.24) is 4.98 Å². The number of hydrogen-bond acceptors (Lipinski definition) is 1. The van der Waals surface area contributed by atoms with Gasteiger partial charge in [0, 0.05) is 47.5 Å². The van der Waals surface area contributed by atoms with E-state index in [1.165, 1.54) is 5.32 Å². The molecule has 120 valence electrons. The quantitative estimate of drug-likeness (QED) is 0.477. The molecular weight excluding hydrogens is 407 g/mol.